The lowest BCUT2D eigenvalue weighted by atomic mass is 10.1. The first kappa shape index (κ1) is 17.6. The quantitative estimate of drug-likeness (QED) is 0.646. The van der Waals surface area contributed by atoms with Crippen molar-refractivity contribution >= 4 is 16.5 Å². The third-order valence-corrected chi connectivity index (χ3v) is 4.92. The molecule has 5 heteroatoms. The van der Waals surface area contributed by atoms with Crippen molar-refractivity contribution in [2.75, 3.05) is 26.1 Å². The van der Waals surface area contributed by atoms with E-state index in [0.717, 1.165) is 45.8 Å². The molecule has 23 heavy (non-hydrogen) atoms. The van der Waals surface area contributed by atoms with Gasteiger partial charge in [-0.2, -0.15) is 0 Å². The fourth-order valence-electron chi connectivity index (χ4n) is 2.41. The molecule has 4 nitrogen and oxygen atoms in total. The molecule has 0 saturated heterocycles. The van der Waals surface area contributed by atoms with E-state index in [1.807, 2.05) is 20.0 Å². The van der Waals surface area contributed by atoms with Crippen molar-refractivity contribution in [1.29, 1.82) is 0 Å². The number of unbranched alkanes of at least 4 members (excludes halogenated alkanes) is 3. The fraction of sp³-hybridized carbons (Fsp3) is 0.500. The number of aromatic nitrogens is 1. The Labute approximate surface area is 142 Å². The van der Waals surface area contributed by atoms with Gasteiger partial charge in [-0.25, -0.2) is 4.98 Å². The molecular formula is C18H26N2O2S. The minimum Gasteiger partial charge on any atom is -0.493 e. The third kappa shape index (κ3) is 4.61. The van der Waals surface area contributed by atoms with Crippen LogP contribution >= 0.6 is 11.3 Å². The number of aryl methyl sites for hydroxylation is 1. The van der Waals surface area contributed by atoms with Crippen molar-refractivity contribution < 1.29 is 9.47 Å². The van der Waals surface area contributed by atoms with Crippen LogP contribution in [-0.4, -0.2) is 25.7 Å². The van der Waals surface area contributed by atoms with Crippen LogP contribution < -0.4 is 14.8 Å². The van der Waals surface area contributed by atoms with Crippen LogP contribution in [0.4, 0.5) is 5.13 Å². The highest BCUT2D eigenvalue weighted by molar-refractivity contribution is 7.19. The first-order valence-corrected chi connectivity index (χ1v) is 8.97. The standard InChI is InChI=1S/C18H26N2O2S/c1-5-6-7-8-11-22-16-12-14(9-10-15(16)21-4)17-13(2)20-18(19-3)23-17/h9-10,12H,5-8,11H2,1-4H3,(H,19,20). The first-order valence-electron chi connectivity index (χ1n) is 8.16. The number of benzene rings is 1. The van der Waals surface area contributed by atoms with Crippen molar-refractivity contribution in [2.45, 2.75) is 39.5 Å². The SMILES string of the molecule is CCCCCCOc1cc(-c2sc(NC)nc2C)ccc1OC. The molecule has 1 N–H and O–H groups in total. The summed E-state index contributed by atoms with van der Waals surface area (Å²) in [7, 11) is 3.57. The van der Waals surface area contributed by atoms with E-state index in [1.165, 1.54) is 19.3 Å². The molecule has 0 saturated carbocycles. The lowest BCUT2D eigenvalue weighted by molar-refractivity contribution is 0.285. The molecule has 0 radical (unpaired) electrons. The minimum absolute atomic E-state index is 0.725. The summed E-state index contributed by atoms with van der Waals surface area (Å²) in [5.41, 5.74) is 2.14. The number of rotatable bonds is 9. The number of thiazole rings is 1. The van der Waals surface area contributed by atoms with Gasteiger partial charge in [-0.05, 0) is 37.1 Å². The summed E-state index contributed by atoms with van der Waals surface area (Å²) < 4.78 is 11.4. The average Bonchev–Trinajstić information content (AvgIpc) is 2.95. The highest BCUT2D eigenvalue weighted by Crippen LogP contribution is 2.37. The molecule has 0 bridgehead atoms. The highest BCUT2D eigenvalue weighted by atomic mass is 32.1. The van der Waals surface area contributed by atoms with E-state index < -0.39 is 0 Å². The molecule has 1 aromatic heterocycles. The van der Waals surface area contributed by atoms with E-state index in [0.29, 0.717) is 0 Å². The number of methoxy groups -OCH3 is 1. The van der Waals surface area contributed by atoms with E-state index >= 15 is 0 Å². The maximum Gasteiger partial charge on any atom is 0.183 e. The van der Waals surface area contributed by atoms with E-state index in [2.05, 4.69) is 29.4 Å². The van der Waals surface area contributed by atoms with Gasteiger partial charge in [0.2, 0.25) is 0 Å². The van der Waals surface area contributed by atoms with Crippen LogP contribution in [0.5, 0.6) is 11.5 Å². The second-order valence-corrected chi connectivity index (χ2v) is 6.46. The molecule has 1 aromatic carbocycles. The number of nitrogens with zero attached hydrogens (tertiary/aromatic N) is 1. The van der Waals surface area contributed by atoms with Crippen LogP contribution in [0.15, 0.2) is 18.2 Å². The Balaban J connectivity index is 2.15. The zero-order valence-electron chi connectivity index (χ0n) is 14.4. The van der Waals surface area contributed by atoms with Gasteiger partial charge in [0.05, 0.1) is 24.3 Å². The van der Waals surface area contributed by atoms with Crippen LogP contribution in [-0.2, 0) is 0 Å². The Morgan fingerprint density at radius 3 is 2.65 bits per heavy atom. The van der Waals surface area contributed by atoms with Gasteiger partial charge >= 0.3 is 0 Å². The molecule has 2 rings (SSSR count). The second-order valence-electron chi connectivity index (χ2n) is 5.46. The Hall–Kier alpha value is -1.75. The molecule has 0 aliphatic rings. The lowest BCUT2D eigenvalue weighted by Gasteiger charge is -2.12. The highest BCUT2D eigenvalue weighted by Gasteiger charge is 2.12. The number of ether oxygens (including phenoxy) is 2. The van der Waals surface area contributed by atoms with Crippen molar-refractivity contribution in [3.63, 3.8) is 0 Å². The Bertz CT molecular complexity index is 625. The normalized spacial score (nSPS) is 10.6. The first-order chi connectivity index (χ1) is 11.2. The summed E-state index contributed by atoms with van der Waals surface area (Å²) in [5.74, 6) is 1.58. The molecule has 0 aliphatic heterocycles. The predicted octanol–water partition coefficient (Wildman–Crippen LogP) is 5.13. The molecule has 0 unspecified atom stereocenters. The van der Waals surface area contributed by atoms with Gasteiger partial charge in [-0.15, -0.1) is 0 Å². The molecule has 1 heterocycles. The van der Waals surface area contributed by atoms with Crippen molar-refractivity contribution in [3.05, 3.63) is 23.9 Å². The topological polar surface area (TPSA) is 43.4 Å². The van der Waals surface area contributed by atoms with Gasteiger partial charge in [0.1, 0.15) is 0 Å². The van der Waals surface area contributed by atoms with Gasteiger partial charge in [0.15, 0.2) is 16.6 Å². The second kappa shape index (κ2) is 8.77. The van der Waals surface area contributed by atoms with E-state index in [9.17, 15) is 0 Å². The summed E-state index contributed by atoms with van der Waals surface area (Å²) in [6.07, 6.45) is 4.77. The number of nitrogens with one attached hydrogen (secondary N) is 1. The number of anilines is 1. The Kier molecular flexibility index (Phi) is 6.71. The van der Waals surface area contributed by atoms with Gasteiger partial charge in [0, 0.05) is 7.05 Å². The molecule has 0 atom stereocenters. The smallest absolute Gasteiger partial charge is 0.183 e. The summed E-state index contributed by atoms with van der Waals surface area (Å²) in [5, 5.41) is 4.03. The number of hydrogen-bond acceptors (Lipinski definition) is 5. The van der Waals surface area contributed by atoms with Gasteiger partial charge in [0.25, 0.3) is 0 Å². The minimum atomic E-state index is 0.725. The predicted molar refractivity (Wildman–Crippen MR) is 98.0 cm³/mol. The van der Waals surface area contributed by atoms with E-state index in [-0.39, 0.29) is 0 Å². The summed E-state index contributed by atoms with van der Waals surface area (Å²) in [6, 6.07) is 6.08. The van der Waals surface area contributed by atoms with Crippen LogP contribution in [0.1, 0.15) is 38.3 Å². The maximum absolute atomic E-state index is 5.95. The largest absolute Gasteiger partial charge is 0.493 e. The molecule has 126 valence electrons. The summed E-state index contributed by atoms with van der Waals surface area (Å²) in [4.78, 5) is 5.67. The van der Waals surface area contributed by atoms with Crippen LogP contribution in [0, 0.1) is 6.92 Å². The van der Waals surface area contributed by atoms with Crippen molar-refractivity contribution in [3.8, 4) is 21.9 Å². The van der Waals surface area contributed by atoms with E-state index in [1.54, 1.807) is 18.4 Å². The molecule has 2 aromatic rings. The molecule has 0 aliphatic carbocycles. The van der Waals surface area contributed by atoms with Crippen molar-refractivity contribution in [1.82, 2.24) is 4.98 Å². The lowest BCUT2D eigenvalue weighted by Crippen LogP contribution is -1.99. The molecule has 0 spiro atoms. The van der Waals surface area contributed by atoms with Crippen molar-refractivity contribution in [2.24, 2.45) is 0 Å². The van der Waals surface area contributed by atoms with E-state index in [4.69, 9.17) is 9.47 Å². The van der Waals surface area contributed by atoms with Gasteiger partial charge in [-0.1, -0.05) is 37.5 Å². The fourth-order valence-corrected chi connectivity index (χ4v) is 3.33. The zero-order valence-corrected chi connectivity index (χ0v) is 15.3. The Morgan fingerprint density at radius 2 is 2.00 bits per heavy atom. The molecule has 0 amide bonds. The summed E-state index contributed by atoms with van der Waals surface area (Å²) >= 11 is 1.65. The zero-order chi connectivity index (χ0) is 16.7. The summed E-state index contributed by atoms with van der Waals surface area (Å²) in [6.45, 7) is 4.97. The third-order valence-electron chi connectivity index (χ3n) is 3.69. The molecule has 0 fully saturated rings. The molecular weight excluding hydrogens is 308 g/mol. The average molecular weight is 334 g/mol. The van der Waals surface area contributed by atoms with Gasteiger partial charge in [-0.3, -0.25) is 0 Å². The van der Waals surface area contributed by atoms with Crippen LogP contribution in [0.2, 0.25) is 0 Å². The number of hydrogen-bond donors (Lipinski definition) is 1. The Morgan fingerprint density at radius 1 is 1.17 bits per heavy atom. The van der Waals surface area contributed by atoms with Crippen LogP contribution in [0.3, 0.4) is 0 Å². The van der Waals surface area contributed by atoms with Crippen LogP contribution in [0.25, 0.3) is 10.4 Å². The van der Waals surface area contributed by atoms with Gasteiger partial charge < -0.3 is 14.8 Å². The maximum atomic E-state index is 5.95. The monoisotopic (exact) mass is 334 g/mol.